The van der Waals surface area contributed by atoms with E-state index in [0.29, 0.717) is 18.1 Å². The summed E-state index contributed by atoms with van der Waals surface area (Å²) >= 11 is 11.8. The highest BCUT2D eigenvalue weighted by Gasteiger charge is 2.32. The lowest BCUT2D eigenvalue weighted by atomic mass is 9.93. The van der Waals surface area contributed by atoms with E-state index < -0.39 is 10.0 Å². The second-order valence-electron chi connectivity index (χ2n) is 5.20. The molecule has 4 nitrogen and oxygen atoms in total. The summed E-state index contributed by atoms with van der Waals surface area (Å²) in [5.74, 6) is 0.185. The summed E-state index contributed by atoms with van der Waals surface area (Å²) in [7, 11) is -3.59. The summed E-state index contributed by atoms with van der Waals surface area (Å²) in [6.45, 7) is 2.86. The molecule has 1 heterocycles. The highest BCUT2D eigenvalue weighted by atomic mass is 35.5. The summed E-state index contributed by atoms with van der Waals surface area (Å²) in [4.78, 5) is 0.105. The van der Waals surface area contributed by atoms with Crippen LogP contribution in [-0.2, 0) is 10.0 Å². The van der Waals surface area contributed by atoms with Crippen LogP contribution in [0.4, 0.5) is 0 Å². The standard InChI is InChI=1S/C13H18Cl2N2O2S.ClH/c1-9(16)10-3-2-6-17(8-10)20(18,19)13-5-4-11(14)7-12(13)15;/h4-5,7,9-10H,2-3,6,8,16H2,1H3;1H. The van der Waals surface area contributed by atoms with Gasteiger partial charge in [0.2, 0.25) is 10.0 Å². The van der Waals surface area contributed by atoms with Crippen LogP contribution >= 0.6 is 35.6 Å². The van der Waals surface area contributed by atoms with E-state index in [0.717, 1.165) is 12.8 Å². The Morgan fingerprint density at radius 3 is 2.62 bits per heavy atom. The van der Waals surface area contributed by atoms with Gasteiger partial charge in [0.15, 0.2) is 0 Å². The average Bonchev–Trinajstić information content (AvgIpc) is 2.38. The monoisotopic (exact) mass is 372 g/mol. The van der Waals surface area contributed by atoms with Gasteiger partial charge in [-0.3, -0.25) is 0 Å². The van der Waals surface area contributed by atoms with Gasteiger partial charge in [-0.1, -0.05) is 23.2 Å². The van der Waals surface area contributed by atoms with Gasteiger partial charge in [-0.25, -0.2) is 8.42 Å². The van der Waals surface area contributed by atoms with Gasteiger partial charge in [0, 0.05) is 24.2 Å². The van der Waals surface area contributed by atoms with Crippen LogP contribution in [0, 0.1) is 5.92 Å². The lowest BCUT2D eigenvalue weighted by Crippen LogP contribution is -2.45. The fraction of sp³-hybridized carbons (Fsp3) is 0.538. The van der Waals surface area contributed by atoms with Gasteiger partial charge in [0.05, 0.1) is 5.02 Å². The Hall–Kier alpha value is -0.0400. The number of hydrogen-bond donors (Lipinski definition) is 1. The first-order valence-electron chi connectivity index (χ1n) is 6.53. The Bertz CT molecular complexity index is 593. The first kappa shape index (κ1) is 19.0. The fourth-order valence-electron chi connectivity index (χ4n) is 2.44. The normalized spacial score (nSPS) is 21.6. The minimum atomic E-state index is -3.59. The fourth-order valence-corrected chi connectivity index (χ4v) is 4.73. The van der Waals surface area contributed by atoms with E-state index in [-0.39, 0.29) is 34.3 Å². The molecule has 2 unspecified atom stereocenters. The Morgan fingerprint density at radius 1 is 1.38 bits per heavy atom. The zero-order chi connectivity index (χ0) is 14.9. The second kappa shape index (κ2) is 7.49. The number of benzene rings is 1. The third kappa shape index (κ3) is 4.24. The van der Waals surface area contributed by atoms with E-state index in [1.165, 1.54) is 22.5 Å². The van der Waals surface area contributed by atoms with E-state index in [1.54, 1.807) is 0 Å². The minimum absolute atomic E-state index is 0. The molecule has 1 aliphatic rings. The van der Waals surface area contributed by atoms with E-state index >= 15 is 0 Å². The lowest BCUT2D eigenvalue weighted by molar-refractivity contribution is 0.243. The summed E-state index contributed by atoms with van der Waals surface area (Å²) in [5, 5.41) is 0.571. The molecule has 1 aliphatic heterocycles. The number of nitrogens with zero attached hydrogens (tertiary/aromatic N) is 1. The van der Waals surface area contributed by atoms with Crippen LogP contribution in [0.25, 0.3) is 0 Å². The number of hydrogen-bond acceptors (Lipinski definition) is 3. The van der Waals surface area contributed by atoms with Gasteiger partial charge < -0.3 is 5.73 Å². The molecule has 1 saturated heterocycles. The summed E-state index contributed by atoms with van der Waals surface area (Å²) < 4.78 is 26.8. The van der Waals surface area contributed by atoms with Crippen molar-refractivity contribution in [2.75, 3.05) is 13.1 Å². The Labute approximate surface area is 142 Å². The van der Waals surface area contributed by atoms with Crippen molar-refractivity contribution >= 4 is 45.6 Å². The van der Waals surface area contributed by atoms with Crippen molar-refractivity contribution in [1.82, 2.24) is 4.31 Å². The number of sulfonamides is 1. The van der Waals surface area contributed by atoms with Gasteiger partial charge in [0.25, 0.3) is 0 Å². The molecule has 0 spiro atoms. The SMILES string of the molecule is CC(N)C1CCCN(S(=O)(=O)c2ccc(Cl)cc2Cl)C1.Cl. The van der Waals surface area contributed by atoms with Crippen molar-refractivity contribution in [2.24, 2.45) is 11.7 Å². The van der Waals surface area contributed by atoms with Gasteiger partial charge in [-0.05, 0) is 43.9 Å². The zero-order valence-corrected chi connectivity index (χ0v) is 14.8. The average molecular weight is 374 g/mol. The van der Waals surface area contributed by atoms with E-state index in [1.807, 2.05) is 6.92 Å². The van der Waals surface area contributed by atoms with Crippen molar-refractivity contribution < 1.29 is 8.42 Å². The van der Waals surface area contributed by atoms with E-state index in [9.17, 15) is 8.42 Å². The van der Waals surface area contributed by atoms with Crippen LogP contribution in [0.15, 0.2) is 23.1 Å². The molecular weight excluding hydrogens is 355 g/mol. The third-order valence-electron chi connectivity index (χ3n) is 3.68. The zero-order valence-electron chi connectivity index (χ0n) is 11.6. The molecule has 0 saturated carbocycles. The molecule has 0 radical (unpaired) electrons. The number of nitrogens with two attached hydrogens (primary N) is 1. The second-order valence-corrected chi connectivity index (χ2v) is 7.95. The van der Waals surface area contributed by atoms with Gasteiger partial charge >= 0.3 is 0 Å². The summed E-state index contributed by atoms with van der Waals surface area (Å²) in [6.07, 6.45) is 1.77. The molecule has 1 aromatic rings. The third-order valence-corrected chi connectivity index (χ3v) is 6.26. The molecule has 2 N–H and O–H groups in total. The highest BCUT2D eigenvalue weighted by Crippen LogP contribution is 2.30. The van der Waals surface area contributed by atoms with Gasteiger partial charge in [0.1, 0.15) is 4.90 Å². The predicted molar refractivity (Wildman–Crippen MR) is 88.8 cm³/mol. The maximum absolute atomic E-state index is 12.6. The van der Waals surface area contributed by atoms with Gasteiger partial charge in [-0.2, -0.15) is 4.31 Å². The topological polar surface area (TPSA) is 63.4 Å². The molecule has 21 heavy (non-hydrogen) atoms. The molecule has 0 aliphatic carbocycles. The smallest absolute Gasteiger partial charge is 0.244 e. The molecular formula is C13H19Cl3N2O2S. The van der Waals surface area contributed by atoms with Crippen LogP contribution in [-0.4, -0.2) is 31.9 Å². The molecule has 1 fully saturated rings. The Balaban J connectivity index is 0.00000220. The first-order chi connectivity index (χ1) is 9.32. The number of rotatable bonds is 3. The number of halogens is 3. The van der Waals surface area contributed by atoms with Crippen LogP contribution in [0.3, 0.4) is 0 Å². The highest BCUT2D eigenvalue weighted by molar-refractivity contribution is 7.89. The van der Waals surface area contributed by atoms with Gasteiger partial charge in [-0.15, -0.1) is 12.4 Å². The van der Waals surface area contributed by atoms with E-state index in [4.69, 9.17) is 28.9 Å². The molecule has 120 valence electrons. The maximum atomic E-state index is 12.6. The van der Waals surface area contributed by atoms with Crippen molar-refractivity contribution in [1.29, 1.82) is 0 Å². The maximum Gasteiger partial charge on any atom is 0.244 e. The lowest BCUT2D eigenvalue weighted by Gasteiger charge is -2.33. The Kier molecular flexibility index (Phi) is 6.78. The summed E-state index contributed by atoms with van der Waals surface area (Å²) in [6, 6.07) is 4.42. The predicted octanol–water partition coefficient (Wildman–Crippen LogP) is 3.16. The summed E-state index contributed by atoms with van der Waals surface area (Å²) in [5.41, 5.74) is 5.90. The van der Waals surface area contributed by atoms with Crippen molar-refractivity contribution in [3.8, 4) is 0 Å². The molecule has 1 aromatic carbocycles. The van der Waals surface area contributed by atoms with Crippen LogP contribution in [0.1, 0.15) is 19.8 Å². The van der Waals surface area contributed by atoms with Crippen molar-refractivity contribution in [2.45, 2.75) is 30.7 Å². The van der Waals surface area contributed by atoms with E-state index in [2.05, 4.69) is 0 Å². The number of piperidine rings is 1. The van der Waals surface area contributed by atoms with Crippen molar-refractivity contribution in [3.05, 3.63) is 28.2 Å². The molecule has 0 aromatic heterocycles. The van der Waals surface area contributed by atoms with Crippen LogP contribution in [0.5, 0.6) is 0 Å². The quantitative estimate of drug-likeness (QED) is 0.885. The largest absolute Gasteiger partial charge is 0.328 e. The Morgan fingerprint density at radius 2 is 2.05 bits per heavy atom. The minimum Gasteiger partial charge on any atom is -0.328 e. The van der Waals surface area contributed by atoms with Crippen molar-refractivity contribution in [3.63, 3.8) is 0 Å². The molecule has 8 heteroatoms. The van der Waals surface area contributed by atoms with Crippen LogP contribution in [0.2, 0.25) is 10.0 Å². The first-order valence-corrected chi connectivity index (χ1v) is 8.72. The molecule has 2 atom stereocenters. The molecule has 2 rings (SSSR count). The molecule has 0 bridgehead atoms. The molecule has 0 amide bonds. The van der Waals surface area contributed by atoms with Crippen LogP contribution < -0.4 is 5.73 Å².